The van der Waals surface area contributed by atoms with Crippen molar-refractivity contribution in [1.82, 2.24) is 5.32 Å². The largest absolute Gasteiger partial charge is 0.497 e. The maximum Gasteiger partial charge on any atom is 0.183 e. The van der Waals surface area contributed by atoms with E-state index in [2.05, 4.69) is 5.32 Å². The van der Waals surface area contributed by atoms with Gasteiger partial charge in [-0.3, -0.25) is 0 Å². The third kappa shape index (κ3) is 4.51. The van der Waals surface area contributed by atoms with E-state index in [-0.39, 0.29) is 16.4 Å². The average Bonchev–Trinajstić information content (AvgIpc) is 2.96. The molecule has 0 bridgehead atoms. The lowest BCUT2D eigenvalue weighted by Crippen LogP contribution is -2.43. The predicted molar refractivity (Wildman–Crippen MR) is 104 cm³/mol. The molecule has 27 heavy (non-hydrogen) atoms. The van der Waals surface area contributed by atoms with E-state index in [4.69, 9.17) is 4.74 Å². The highest BCUT2D eigenvalue weighted by Gasteiger charge is 2.45. The van der Waals surface area contributed by atoms with E-state index in [0.29, 0.717) is 6.54 Å². The van der Waals surface area contributed by atoms with Crippen LogP contribution in [0.5, 0.6) is 5.75 Å². The van der Waals surface area contributed by atoms with Crippen molar-refractivity contribution >= 4 is 19.7 Å². The molecular weight excluding hydrogens is 386 g/mol. The zero-order valence-corrected chi connectivity index (χ0v) is 16.9. The molecular formula is C19H23NO5S2. The standard InChI is InChI=1S/C19H23NO5S2/c1-14-3-9-17(10-4-14)27(23,24)19-13-26(21,22)12-18(19)20-11-15-5-7-16(25-2)8-6-15/h3-10,18-20H,11-13H2,1-2H3/t18-,19-/m1/s1. The Morgan fingerprint density at radius 1 is 1.04 bits per heavy atom. The highest BCUT2D eigenvalue weighted by Crippen LogP contribution is 2.26. The molecule has 146 valence electrons. The lowest BCUT2D eigenvalue weighted by Gasteiger charge is -2.20. The summed E-state index contributed by atoms with van der Waals surface area (Å²) in [4.78, 5) is 0.159. The first kappa shape index (κ1) is 19.9. The van der Waals surface area contributed by atoms with Crippen molar-refractivity contribution in [2.24, 2.45) is 0 Å². The minimum absolute atomic E-state index is 0.159. The zero-order valence-electron chi connectivity index (χ0n) is 15.3. The first-order valence-electron chi connectivity index (χ1n) is 8.58. The molecule has 0 unspecified atom stereocenters. The maximum absolute atomic E-state index is 13.0. The molecule has 1 saturated heterocycles. The molecule has 6 nitrogen and oxygen atoms in total. The average molecular weight is 410 g/mol. The second-order valence-electron chi connectivity index (χ2n) is 6.81. The van der Waals surface area contributed by atoms with Crippen LogP contribution in [0.3, 0.4) is 0 Å². The molecule has 8 heteroatoms. The number of aryl methyl sites for hydroxylation is 1. The summed E-state index contributed by atoms with van der Waals surface area (Å²) in [5.74, 6) is 0.185. The van der Waals surface area contributed by atoms with Gasteiger partial charge in [0.05, 0.1) is 28.8 Å². The van der Waals surface area contributed by atoms with E-state index in [1.807, 2.05) is 31.2 Å². The molecule has 0 aliphatic carbocycles. The molecule has 1 fully saturated rings. The van der Waals surface area contributed by atoms with Gasteiger partial charge in [-0.2, -0.15) is 0 Å². The van der Waals surface area contributed by atoms with E-state index in [9.17, 15) is 16.8 Å². The highest BCUT2D eigenvalue weighted by molar-refractivity contribution is 7.96. The SMILES string of the molecule is COc1ccc(CN[C@@H]2CS(=O)(=O)C[C@H]2S(=O)(=O)c2ccc(C)cc2)cc1. The van der Waals surface area contributed by atoms with E-state index in [0.717, 1.165) is 16.9 Å². The van der Waals surface area contributed by atoms with Gasteiger partial charge in [0, 0.05) is 12.6 Å². The molecule has 1 aliphatic rings. The summed E-state index contributed by atoms with van der Waals surface area (Å²) in [7, 11) is -5.59. The van der Waals surface area contributed by atoms with E-state index >= 15 is 0 Å². The van der Waals surface area contributed by atoms with Crippen molar-refractivity contribution in [2.45, 2.75) is 29.7 Å². The van der Waals surface area contributed by atoms with Gasteiger partial charge in [0.2, 0.25) is 0 Å². The number of methoxy groups -OCH3 is 1. The lowest BCUT2D eigenvalue weighted by molar-refractivity contribution is 0.414. The smallest absolute Gasteiger partial charge is 0.183 e. The Labute approximate surface area is 160 Å². The van der Waals surface area contributed by atoms with E-state index < -0.39 is 31.0 Å². The molecule has 0 radical (unpaired) electrons. The van der Waals surface area contributed by atoms with Crippen LogP contribution in [0.1, 0.15) is 11.1 Å². The Hall–Kier alpha value is -1.90. The number of nitrogens with one attached hydrogen (secondary N) is 1. The molecule has 2 aromatic carbocycles. The van der Waals surface area contributed by atoms with Crippen LogP contribution in [-0.4, -0.2) is 46.7 Å². The van der Waals surface area contributed by atoms with Gasteiger partial charge in [0.15, 0.2) is 19.7 Å². The van der Waals surface area contributed by atoms with Gasteiger partial charge in [0.1, 0.15) is 5.75 Å². The van der Waals surface area contributed by atoms with Crippen LogP contribution in [0.2, 0.25) is 0 Å². The Morgan fingerprint density at radius 3 is 2.26 bits per heavy atom. The fraction of sp³-hybridized carbons (Fsp3) is 0.368. The number of benzene rings is 2. The van der Waals surface area contributed by atoms with Crippen LogP contribution < -0.4 is 10.1 Å². The summed E-state index contributed by atoms with van der Waals surface area (Å²) in [5.41, 5.74) is 1.87. The van der Waals surface area contributed by atoms with Crippen LogP contribution in [0.15, 0.2) is 53.4 Å². The summed E-state index contributed by atoms with van der Waals surface area (Å²) in [6.07, 6.45) is 0. The van der Waals surface area contributed by atoms with Gasteiger partial charge in [-0.25, -0.2) is 16.8 Å². The van der Waals surface area contributed by atoms with Crippen LogP contribution in [-0.2, 0) is 26.2 Å². The predicted octanol–water partition coefficient (Wildman–Crippen LogP) is 1.73. The quantitative estimate of drug-likeness (QED) is 0.782. The second kappa shape index (κ2) is 7.61. The number of hydrogen-bond donors (Lipinski definition) is 1. The molecule has 0 aromatic heterocycles. The highest BCUT2D eigenvalue weighted by atomic mass is 32.2. The molecule has 0 spiro atoms. The normalized spacial score (nSPS) is 21.9. The van der Waals surface area contributed by atoms with Crippen LogP contribution >= 0.6 is 0 Å². The topological polar surface area (TPSA) is 89.5 Å². The summed E-state index contributed by atoms with van der Waals surface area (Å²) in [6, 6.07) is 13.2. The van der Waals surface area contributed by atoms with Crippen molar-refractivity contribution < 1.29 is 21.6 Å². The Kier molecular flexibility index (Phi) is 5.60. The fourth-order valence-corrected chi connectivity index (χ4v) is 7.92. The molecule has 2 atom stereocenters. The molecule has 1 N–H and O–H groups in total. The third-order valence-electron chi connectivity index (χ3n) is 4.78. The number of hydrogen-bond acceptors (Lipinski definition) is 6. The monoisotopic (exact) mass is 409 g/mol. The lowest BCUT2D eigenvalue weighted by atomic mass is 10.2. The van der Waals surface area contributed by atoms with Crippen molar-refractivity contribution in [3.63, 3.8) is 0 Å². The Bertz CT molecular complexity index is 997. The Balaban J connectivity index is 1.81. The molecule has 0 amide bonds. The van der Waals surface area contributed by atoms with Gasteiger partial charge < -0.3 is 10.1 Å². The minimum Gasteiger partial charge on any atom is -0.497 e. The van der Waals surface area contributed by atoms with Crippen molar-refractivity contribution in [2.75, 3.05) is 18.6 Å². The van der Waals surface area contributed by atoms with Gasteiger partial charge in [-0.05, 0) is 36.8 Å². The first-order valence-corrected chi connectivity index (χ1v) is 12.0. The number of rotatable bonds is 6. The van der Waals surface area contributed by atoms with E-state index in [1.165, 1.54) is 12.1 Å². The summed E-state index contributed by atoms with van der Waals surface area (Å²) in [5, 5.41) is 2.13. The third-order valence-corrected chi connectivity index (χ3v) is 8.94. The number of sulfone groups is 2. The first-order chi connectivity index (χ1) is 12.7. The fourth-order valence-electron chi connectivity index (χ4n) is 3.21. The van der Waals surface area contributed by atoms with Crippen molar-refractivity contribution in [3.05, 3.63) is 59.7 Å². The molecule has 0 saturated carbocycles. The van der Waals surface area contributed by atoms with Gasteiger partial charge in [-0.15, -0.1) is 0 Å². The number of ether oxygens (including phenoxy) is 1. The van der Waals surface area contributed by atoms with Gasteiger partial charge in [-0.1, -0.05) is 29.8 Å². The van der Waals surface area contributed by atoms with Crippen LogP contribution in [0.25, 0.3) is 0 Å². The molecule has 1 aliphatic heterocycles. The summed E-state index contributed by atoms with van der Waals surface area (Å²) >= 11 is 0. The van der Waals surface area contributed by atoms with Crippen molar-refractivity contribution in [1.29, 1.82) is 0 Å². The van der Waals surface area contributed by atoms with Gasteiger partial charge in [0.25, 0.3) is 0 Å². The molecule has 1 heterocycles. The zero-order chi connectivity index (χ0) is 19.7. The summed E-state index contributed by atoms with van der Waals surface area (Å²) < 4.78 is 55.5. The molecule has 3 rings (SSSR count). The van der Waals surface area contributed by atoms with Crippen molar-refractivity contribution in [3.8, 4) is 5.75 Å². The Morgan fingerprint density at radius 2 is 1.67 bits per heavy atom. The van der Waals surface area contributed by atoms with E-state index in [1.54, 1.807) is 19.2 Å². The van der Waals surface area contributed by atoms with Gasteiger partial charge >= 0.3 is 0 Å². The minimum atomic E-state index is -3.75. The second-order valence-corrected chi connectivity index (χ2v) is 11.1. The summed E-state index contributed by atoms with van der Waals surface area (Å²) in [6.45, 7) is 2.25. The molecule has 2 aromatic rings. The maximum atomic E-state index is 13.0. The van der Waals surface area contributed by atoms with Crippen LogP contribution in [0.4, 0.5) is 0 Å². The van der Waals surface area contributed by atoms with Crippen LogP contribution in [0, 0.1) is 6.92 Å².